The Morgan fingerprint density at radius 1 is 1.43 bits per heavy atom. The molecule has 0 aliphatic rings. The number of halogens is 1. The Labute approximate surface area is 89.5 Å². The number of hydrogen-bond acceptors (Lipinski definition) is 2. The van der Waals surface area contributed by atoms with Crippen molar-refractivity contribution in [2.75, 3.05) is 0 Å². The van der Waals surface area contributed by atoms with E-state index in [2.05, 4.69) is 12.1 Å². The highest BCUT2D eigenvalue weighted by atomic mass is 35.5. The molecule has 1 aromatic rings. The van der Waals surface area contributed by atoms with E-state index >= 15 is 0 Å². The monoisotopic (exact) mass is 211 g/mol. The number of benzene rings is 1. The molecule has 0 saturated heterocycles. The zero-order valence-electron chi connectivity index (χ0n) is 8.24. The van der Waals surface area contributed by atoms with Crippen LogP contribution in [0.4, 0.5) is 0 Å². The Bertz CT molecular complexity index is 299. The quantitative estimate of drug-likeness (QED) is 0.538. The topological polar surface area (TPSA) is 21.6 Å². The summed E-state index contributed by atoms with van der Waals surface area (Å²) in [5, 5.41) is 4.53. The van der Waals surface area contributed by atoms with Crippen molar-refractivity contribution < 1.29 is 4.84 Å². The van der Waals surface area contributed by atoms with E-state index in [0.717, 1.165) is 23.4 Å². The molecular weight excluding hydrogens is 198 g/mol. The van der Waals surface area contributed by atoms with Crippen LogP contribution in [0.15, 0.2) is 29.4 Å². The van der Waals surface area contributed by atoms with Crippen LogP contribution in [0.3, 0.4) is 0 Å². The summed E-state index contributed by atoms with van der Waals surface area (Å²) in [6, 6.07) is 7.60. The van der Waals surface area contributed by atoms with Gasteiger partial charge in [0.05, 0.1) is 0 Å². The van der Waals surface area contributed by atoms with Gasteiger partial charge in [-0.25, -0.2) is 0 Å². The Morgan fingerprint density at radius 2 is 2.21 bits per heavy atom. The average Bonchev–Trinajstić information content (AvgIpc) is 2.20. The highest BCUT2D eigenvalue weighted by molar-refractivity contribution is 6.31. The van der Waals surface area contributed by atoms with Gasteiger partial charge < -0.3 is 4.84 Å². The Kier molecular flexibility index (Phi) is 5.08. The van der Waals surface area contributed by atoms with Gasteiger partial charge in [0.2, 0.25) is 0 Å². The lowest BCUT2D eigenvalue weighted by atomic mass is 10.2. The van der Waals surface area contributed by atoms with Crippen molar-refractivity contribution in [2.24, 2.45) is 5.16 Å². The summed E-state index contributed by atoms with van der Waals surface area (Å²) in [7, 11) is 0. The molecule has 0 aromatic heterocycles. The minimum absolute atomic E-state index is 0.430. The van der Waals surface area contributed by atoms with Crippen LogP contribution < -0.4 is 0 Å². The smallest absolute Gasteiger partial charge is 0.143 e. The van der Waals surface area contributed by atoms with Crippen LogP contribution in [-0.4, -0.2) is 6.21 Å². The van der Waals surface area contributed by atoms with Gasteiger partial charge in [0.1, 0.15) is 6.61 Å². The third-order valence-corrected chi connectivity index (χ3v) is 2.11. The third kappa shape index (κ3) is 3.79. The molecule has 0 spiro atoms. The molecule has 2 nitrogen and oxygen atoms in total. The zero-order chi connectivity index (χ0) is 10.2. The van der Waals surface area contributed by atoms with E-state index in [0.29, 0.717) is 6.61 Å². The average molecular weight is 212 g/mol. The molecule has 76 valence electrons. The lowest BCUT2D eigenvalue weighted by Crippen LogP contribution is -1.88. The van der Waals surface area contributed by atoms with E-state index in [1.54, 1.807) is 6.21 Å². The van der Waals surface area contributed by atoms with Crippen molar-refractivity contribution >= 4 is 17.8 Å². The predicted molar refractivity (Wildman–Crippen MR) is 59.6 cm³/mol. The minimum atomic E-state index is 0.430. The minimum Gasteiger partial charge on any atom is -0.391 e. The first-order valence-electron chi connectivity index (χ1n) is 4.71. The molecule has 0 atom stereocenters. The van der Waals surface area contributed by atoms with Gasteiger partial charge in [-0.2, -0.15) is 0 Å². The van der Waals surface area contributed by atoms with E-state index in [9.17, 15) is 0 Å². The number of rotatable bonds is 5. The van der Waals surface area contributed by atoms with Crippen LogP contribution in [-0.2, 0) is 11.4 Å². The summed E-state index contributed by atoms with van der Waals surface area (Å²) in [5.74, 6) is 0. The van der Waals surface area contributed by atoms with Crippen LogP contribution in [0.2, 0.25) is 5.02 Å². The summed E-state index contributed by atoms with van der Waals surface area (Å²) in [4.78, 5) is 5.09. The van der Waals surface area contributed by atoms with Crippen molar-refractivity contribution in [1.29, 1.82) is 0 Å². The number of unbranched alkanes of at least 4 members (excludes halogenated alkanes) is 1. The largest absolute Gasteiger partial charge is 0.391 e. The normalized spacial score (nSPS) is 10.7. The first kappa shape index (κ1) is 11.1. The molecule has 0 saturated carbocycles. The second kappa shape index (κ2) is 6.44. The maximum absolute atomic E-state index is 5.93. The molecule has 0 radical (unpaired) electrons. The van der Waals surface area contributed by atoms with Crippen molar-refractivity contribution in [2.45, 2.75) is 26.4 Å². The molecule has 0 amide bonds. The summed E-state index contributed by atoms with van der Waals surface area (Å²) < 4.78 is 0. The third-order valence-electron chi connectivity index (χ3n) is 1.74. The molecule has 0 N–H and O–H groups in total. The number of nitrogens with zero attached hydrogens (tertiary/aromatic N) is 1. The fourth-order valence-electron chi connectivity index (χ4n) is 0.957. The molecule has 0 heterocycles. The van der Waals surface area contributed by atoms with Gasteiger partial charge in [-0.3, -0.25) is 0 Å². The van der Waals surface area contributed by atoms with E-state index in [1.165, 1.54) is 0 Å². The summed E-state index contributed by atoms with van der Waals surface area (Å²) in [5.41, 5.74) is 0.961. The Morgan fingerprint density at radius 3 is 2.93 bits per heavy atom. The molecule has 1 aromatic carbocycles. The van der Waals surface area contributed by atoms with Crippen molar-refractivity contribution in [3.63, 3.8) is 0 Å². The Balaban J connectivity index is 2.35. The maximum Gasteiger partial charge on any atom is 0.143 e. The molecule has 0 aliphatic heterocycles. The first-order valence-corrected chi connectivity index (χ1v) is 5.09. The Hall–Kier alpha value is -1.02. The summed E-state index contributed by atoms with van der Waals surface area (Å²) >= 11 is 5.93. The van der Waals surface area contributed by atoms with Gasteiger partial charge in [-0.05, 0) is 12.5 Å². The van der Waals surface area contributed by atoms with E-state index in [1.807, 2.05) is 24.3 Å². The first-order chi connectivity index (χ1) is 6.84. The van der Waals surface area contributed by atoms with Crippen LogP contribution in [0.5, 0.6) is 0 Å². The molecule has 3 heteroatoms. The molecule has 0 fully saturated rings. The summed E-state index contributed by atoms with van der Waals surface area (Å²) in [6.45, 7) is 2.53. The van der Waals surface area contributed by atoms with Crippen LogP contribution in [0.25, 0.3) is 0 Å². The molecule has 1 rings (SSSR count). The predicted octanol–water partition coefficient (Wildman–Crippen LogP) is 3.64. The fourth-order valence-corrected chi connectivity index (χ4v) is 1.15. The van der Waals surface area contributed by atoms with E-state index < -0.39 is 0 Å². The maximum atomic E-state index is 5.93. The van der Waals surface area contributed by atoms with Gasteiger partial charge in [0.25, 0.3) is 0 Å². The molecule has 0 unspecified atom stereocenters. The van der Waals surface area contributed by atoms with Crippen molar-refractivity contribution in [1.82, 2.24) is 0 Å². The molecule has 0 bridgehead atoms. The zero-order valence-corrected chi connectivity index (χ0v) is 9.00. The SMILES string of the molecule is CCCC=NOCc1ccccc1Cl. The van der Waals surface area contributed by atoms with Gasteiger partial charge in [-0.1, -0.05) is 48.3 Å². The number of oxime groups is 1. The van der Waals surface area contributed by atoms with Crippen LogP contribution >= 0.6 is 11.6 Å². The lowest BCUT2D eigenvalue weighted by molar-refractivity contribution is 0.131. The van der Waals surface area contributed by atoms with Gasteiger partial charge >= 0.3 is 0 Å². The fraction of sp³-hybridized carbons (Fsp3) is 0.364. The summed E-state index contributed by atoms with van der Waals surface area (Å²) in [6.07, 6.45) is 3.80. The van der Waals surface area contributed by atoms with Crippen molar-refractivity contribution in [3.05, 3.63) is 34.9 Å². The molecular formula is C11H14ClNO. The van der Waals surface area contributed by atoms with Gasteiger partial charge in [0.15, 0.2) is 0 Å². The van der Waals surface area contributed by atoms with Crippen molar-refractivity contribution in [3.8, 4) is 0 Å². The highest BCUT2D eigenvalue weighted by Gasteiger charge is 1.97. The standard InChI is InChI=1S/C11H14ClNO/c1-2-3-8-13-14-9-10-6-4-5-7-11(10)12/h4-8H,2-3,9H2,1H3. The van der Waals surface area contributed by atoms with E-state index in [4.69, 9.17) is 16.4 Å². The van der Waals surface area contributed by atoms with Crippen LogP contribution in [0.1, 0.15) is 25.3 Å². The molecule has 0 aliphatic carbocycles. The lowest BCUT2D eigenvalue weighted by Gasteiger charge is -2.01. The second-order valence-corrected chi connectivity index (χ2v) is 3.35. The number of hydrogen-bond donors (Lipinski definition) is 0. The van der Waals surface area contributed by atoms with Gasteiger partial charge in [-0.15, -0.1) is 0 Å². The highest BCUT2D eigenvalue weighted by Crippen LogP contribution is 2.15. The van der Waals surface area contributed by atoms with Crippen LogP contribution in [0, 0.1) is 0 Å². The second-order valence-electron chi connectivity index (χ2n) is 2.94. The van der Waals surface area contributed by atoms with E-state index in [-0.39, 0.29) is 0 Å². The van der Waals surface area contributed by atoms with Gasteiger partial charge in [0, 0.05) is 16.8 Å². The molecule has 14 heavy (non-hydrogen) atoms.